The van der Waals surface area contributed by atoms with Crippen LogP contribution in [0, 0.1) is 5.92 Å². The van der Waals surface area contributed by atoms with Crippen LogP contribution in [0.25, 0.3) is 0 Å². The fourth-order valence-electron chi connectivity index (χ4n) is 4.04. The number of nitrogens with zero attached hydrogens (tertiary/aromatic N) is 2. The Balaban J connectivity index is 1.49. The molecule has 0 spiro atoms. The second kappa shape index (κ2) is 8.73. The maximum absolute atomic E-state index is 12.6. The SMILES string of the molecule is CCc1ccc(N2CC(C(=O)NC3CC(N(CC)CC(=O)O)C3)CC2=O)cc1. The molecule has 1 unspecified atom stereocenters. The number of carboxylic acids is 1. The van der Waals surface area contributed by atoms with Gasteiger partial charge in [-0.15, -0.1) is 0 Å². The number of anilines is 1. The van der Waals surface area contributed by atoms with Crippen LogP contribution in [0.4, 0.5) is 5.69 Å². The zero-order valence-electron chi connectivity index (χ0n) is 16.6. The molecule has 7 heteroatoms. The fourth-order valence-corrected chi connectivity index (χ4v) is 4.04. The number of nitrogens with one attached hydrogen (secondary N) is 1. The van der Waals surface area contributed by atoms with Crippen molar-refractivity contribution in [2.45, 2.75) is 51.6 Å². The Kier molecular flexibility index (Phi) is 6.34. The van der Waals surface area contributed by atoms with Crippen molar-refractivity contribution >= 4 is 23.5 Å². The van der Waals surface area contributed by atoms with Crippen molar-refractivity contribution in [3.8, 4) is 0 Å². The molecular weight excluding hydrogens is 358 g/mol. The summed E-state index contributed by atoms with van der Waals surface area (Å²) in [7, 11) is 0. The van der Waals surface area contributed by atoms with Gasteiger partial charge < -0.3 is 15.3 Å². The predicted molar refractivity (Wildman–Crippen MR) is 106 cm³/mol. The van der Waals surface area contributed by atoms with Crippen LogP contribution >= 0.6 is 0 Å². The van der Waals surface area contributed by atoms with Crippen molar-refractivity contribution in [3.05, 3.63) is 29.8 Å². The maximum atomic E-state index is 12.6. The summed E-state index contributed by atoms with van der Waals surface area (Å²) >= 11 is 0. The minimum Gasteiger partial charge on any atom is -0.480 e. The molecule has 28 heavy (non-hydrogen) atoms. The summed E-state index contributed by atoms with van der Waals surface area (Å²) in [4.78, 5) is 39.5. The summed E-state index contributed by atoms with van der Waals surface area (Å²) in [6.07, 6.45) is 2.70. The Labute approximate surface area is 165 Å². The van der Waals surface area contributed by atoms with E-state index in [1.165, 1.54) is 5.56 Å². The maximum Gasteiger partial charge on any atom is 0.317 e. The molecule has 2 amide bonds. The molecule has 7 nitrogen and oxygen atoms in total. The molecule has 1 aromatic rings. The number of carbonyl (C=O) groups is 3. The molecule has 1 heterocycles. The van der Waals surface area contributed by atoms with Crippen LogP contribution in [0.15, 0.2) is 24.3 Å². The summed E-state index contributed by atoms with van der Waals surface area (Å²) < 4.78 is 0. The van der Waals surface area contributed by atoms with Gasteiger partial charge in [0.25, 0.3) is 0 Å². The zero-order chi connectivity index (χ0) is 20.3. The molecule has 2 aliphatic rings. The normalized spacial score (nSPS) is 24.3. The van der Waals surface area contributed by atoms with Gasteiger partial charge in [0.1, 0.15) is 0 Å². The Morgan fingerprint density at radius 3 is 2.46 bits per heavy atom. The van der Waals surface area contributed by atoms with Crippen molar-refractivity contribution in [2.75, 3.05) is 24.5 Å². The van der Waals surface area contributed by atoms with Crippen LogP contribution in [0.2, 0.25) is 0 Å². The third-order valence-electron chi connectivity index (χ3n) is 5.87. The van der Waals surface area contributed by atoms with Gasteiger partial charge >= 0.3 is 5.97 Å². The lowest BCUT2D eigenvalue weighted by molar-refractivity contribution is -0.140. The van der Waals surface area contributed by atoms with E-state index in [9.17, 15) is 14.4 Å². The molecule has 1 atom stereocenters. The molecule has 2 fully saturated rings. The van der Waals surface area contributed by atoms with Crippen LogP contribution < -0.4 is 10.2 Å². The lowest BCUT2D eigenvalue weighted by Crippen LogP contribution is -2.55. The van der Waals surface area contributed by atoms with E-state index in [1.807, 2.05) is 36.1 Å². The average Bonchev–Trinajstić information content (AvgIpc) is 3.04. The number of carbonyl (C=O) groups excluding carboxylic acids is 2. The summed E-state index contributed by atoms with van der Waals surface area (Å²) in [5, 5.41) is 12.0. The van der Waals surface area contributed by atoms with Crippen LogP contribution in [0.3, 0.4) is 0 Å². The molecule has 152 valence electrons. The summed E-state index contributed by atoms with van der Waals surface area (Å²) in [5.41, 5.74) is 2.06. The van der Waals surface area contributed by atoms with Gasteiger partial charge in [0.15, 0.2) is 0 Å². The number of hydrogen-bond donors (Lipinski definition) is 2. The fraction of sp³-hybridized carbons (Fsp3) is 0.571. The Bertz CT molecular complexity index is 728. The van der Waals surface area contributed by atoms with Crippen molar-refractivity contribution < 1.29 is 19.5 Å². The van der Waals surface area contributed by atoms with E-state index >= 15 is 0 Å². The monoisotopic (exact) mass is 387 g/mol. The molecule has 1 saturated heterocycles. The third kappa shape index (κ3) is 4.52. The molecule has 2 N–H and O–H groups in total. The van der Waals surface area contributed by atoms with Gasteiger partial charge in [-0.3, -0.25) is 19.3 Å². The minimum atomic E-state index is -0.828. The van der Waals surface area contributed by atoms with Gasteiger partial charge in [0.05, 0.1) is 12.5 Å². The molecular formula is C21H29N3O4. The van der Waals surface area contributed by atoms with Crippen molar-refractivity contribution in [3.63, 3.8) is 0 Å². The van der Waals surface area contributed by atoms with Crippen molar-refractivity contribution in [1.82, 2.24) is 10.2 Å². The minimum absolute atomic E-state index is 0.0190. The molecule has 0 radical (unpaired) electrons. The lowest BCUT2D eigenvalue weighted by Gasteiger charge is -2.42. The van der Waals surface area contributed by atoms with E-state index in [4.69, 9.17) is 5.11 Å². The Morgan fingerprint density at radius 2 is 1.89 bits per heavy atom. The highest BCUT2D eigenvalue weighted by Crippen LogP contribution is 2.28. The van der Waals surface area contributed by atoms with Gasteiger partial charge in [0.2, 0.25) is 11.8 Å². The van der Waals surface area contributed by atoms with E-state index in [2.05, 4.69) is 12.2 Å². The van der Waals surface area contributed by atoms with Crippen LogP contribution in [0.1, 0.15) is 38.7 Å². The zero-order valence-corrected chi connectivity index (χ0v) is 16.6. The van der Waals surface area contributed by atoms with Crippen molar-refractivity contribution in [1.29, 1.82) is 0 Å². The number of amides is 2. The summed E-state index contributed by atoms with van der Waals surface area (Å²) in [6.45, 7) is 5.15. The predicted octanol–water partition coefficient (Wildman–Crippen LogP) is 1.66. The first-order chi connectivity index (χ1) is 13.4. The van der Waals surface area contributed by atoms with Gasteiger partial charge in [-0.1, -0.05) is 26.0 Å². The number of aryl methyl sites for hydroxylation is 1. The largest absolute Gasteiger partial charge is 0.480 e. The van der Waals surface area contributed by atoms with E-state index in [1.54, 1.807) is 4.90 Å². The number of benzene rings is 1. The first-order valence-corrected chi connectivity index (χ1v) is 10.1. The highest BCUT2D eigenvalue weighted by atomic mass is 16.4. The van der Waals surface area contributed by atoms with Crippen LogP contribution in [0.5, 0.6) is 0 Å². The van der Waals surface area contributed by atoms with E-state index < -0.39 is 5.97 Å². The summed E-state index contributed by atoms with van der Waals surface area (Å²) in [5.74, 6) is -1.26. The highest BCUT2D eigenvalue weighted by Gasteiger charge is 2.39. The van der Waals surface area contributed by atoms with Crippen LogP contribution in [-0.2, 0) is 20.8 Å². The van der Waals surface area contributed by atoms with E-state index in [0.29, 0.717) is 13.1 Å². The molecule has 0 aromatic heterocycles. The average molecular weight is 387 g/mol. The van der Waals surface area contributed by atoms with Gasteiger partial charge in [-0.25, -0.2) is 0 Å². The van der Waals surface area contributed by atoms with Crippen molar-refractivity contribution in [2.24, 2.45) is 5.92 Å². The lowest BCUT2D eigenvalue weighted by atomic mass is 9.85. The first-order valence-electron chi connectivity index (χ1n) is 10.1. The third-order valence-corrected chi connectivity index (χ3v) is 5.87. The molecule has 3 rings (SSSR count). The number of rotatable bonds is 8. The standard InChI is InChI=1S/C21H29N3O4/c1-3-14-5-7-17(8-6-14)24-12-15(9-19(24)25)21(28)22-16-10-18(11-16)23(4-2)13-20(26)27/h5-8,15-16,18H,3-4,9-13H2,1-2H3,(H,22,28)(H,26,27). The smallest absolute Gasteiger partial charge is 0.317 e. The Hall–Kier alpha value is -2.41. The molecule has 1 saturated carbocycles. The van der Waals surface area contributed by atoms with Gasteiger partial charge in [-0.2, -0.15) is 0 Å². The molecule has 0 bridgehead atoms. The van der Waals surface area contributed by atoms with E-state index in [-0.39, 0.29) is 42.8 Å². The first kappa shape index (κ1) is 20.3. The second-order valence-electron chi connectivity index (χ2n) is 7.71. The van der Waals surface area contributed by atoms with E-state index in [0.717, 1.165) is 24.9 Å². The van der Waals surface area contributed by atoms with Crippen LogP contribution in [-0.4, -0.2) is 59.5 Å². The number of aliphatic carboxylic acids is 1. The Morgan fingerprint density at radius 1 is 1.21 bits per heavy atom. The topological polar surface area (TPSA) is 90.0 Å². The van der Waals surface area contributed by atoms with Gasteiger partial charge in [0, 0.05) is 30.7 Å². The quantitative estimate of drug-likeness (QED) is 0.708. The highest BCUT2D eigenvalue weighted by molar-refractivity contribution is 6.00. The number of hydrogen-bond acceptors (Lipinski definition) is 4. The molecule has 1 aliphatic carbocycles. The number of carboxylic acid groups (broad SMARTS) is 1. The second-order valence-corrected chi connectivity index (χ2v) is 7.71. The molecule has 1 aliphatic heterocycles. The van der Waals surface area contributed by atoms with Gasteiger partial charge in [-0.05, 0) is 43.5 Å². The number of likely N-dealkylation sites (N-methyl/N-ethyl adjacent to an activating group) is 1. The summed E-state index contributed by atoms with van der Waals surface area (Å²) in [6, 6.07) is 8.17. The molecule has 1 aromatic carbocycles.